The fourth-order valence-electron chi connectivity index (χ4n) is 9.25. The third-order valence-corrected chi connectivity index (χ3v) is 10.7. The molecule has 0 bridgehead atoms. The molecule has 30 heavy (non-hydrogen) atoms. The zero-order chi connectivity index (χ0) is 20.3. The third kappa shape index (κ3) is 4.73. The Morgan fingerprint density at radius 2 is 1.10 bits per heavy atom. The molecular weight excluding hydrogens is 360 g/mol. The fraction of sp³-hybridized carbons (Fsp3) is 0.933. The number of rotatable bonds is 4. The van der Waals surface area contributed by atoms with Crippen LogP contribution in [-0.4, -0.2) is 0 Å². The van der Waals surface area contributed by atoms with Crippen LogP contribution in [0.5, 0.6) is 0 Å². The first-order valence-corrected chi connectivity index (χ1v) is 14.5. The second-order valence-electron chi connectivity index (χ2n) is 12.6. The molecule has 0 N–H and O–H groups in total. The average molecular weight is 411 g/mol. The van der Waals surface area contributed by atoms with Crippen LogP contribution in [0.4, 0.5) is 0 Å². The Labute approximate surface area is 188 Å². The minimum atomic E-state index is 0.958. The Morgan fingerprint density at radius 3 is 1.70 bits per heavy atom. The lowest BCUT2D eigenvalue weighted by atomic mass is 9.61. The van der Waals surface area contributed by atoms with Crippen LogP contribution in [0, 0.1) is 47.3 Å². The molecule has 5 aliphatic rings. The molecule has 0 radical (unpaired) electrons. The standard InChI is InChI=1S/C30H50/c1-22-19-28(24-13-7-3-8-14-24)29(20-22)26-17-18-27(23-11-5-2-6-12-23)30(21-26)25-15-9-4-10-16-25/h21-25,27-30H,2-20H2,1H3. The fourth-order valence-corrected chi connectivity index (χ4v) is 9.25. The van der Waals surface area contributed by atoms with E-state index in [2.05, 4.69) is 13.0 Å². The van der Waals surface area contributed by atoms with Crippen LogP contribution in [0.25, 0.3) is 0 Å². The van der Waals surface area contributed by atoms with Crippen LogP contribution < -0.4 is 0 Å². The first-order chi connectivity index (χ1) is 14.8. The Morgan fingerprint density at radius 1 is 0.567 bits per heavy atom. The molecule has 0 nitrogen and oxygen atoms in total. The van der Waals surface area contributed by atoms with E-state index in [-0.39, 0.29) is 0 Å². The number of hydrogen-bond acceptors (Lipinski definition) is 0. The van der Waals surface area contributed by atoms with Crippen LogP contribution in [0.3, 0.4) is 0 Å². The summed E-state index contributed by atoms with van der Waals surface area (Å²) in [6.07, 6.45) is 32.1. The van der Waals surface area contributed by atoms with Crippen molar-refractivity contribution in [2.45, 2.75) is 129 Å². The van der Waals surface area contributed by atoms with E-state index >= 15 is 0 Å². The van der Waals surface area contributed by atoms with E-state index in [0.717, 1.165) is 47.3 Å². The number of allylic oxidation sites excluding steroid dienone is 2. The normalized spacial score (nSPS) is 40.4. The van der Waals surface area contributed by atoms with E-state index in [4.69, 9.17) is 0 Å². The first kappa shape index (κ1) is 21.6. The molecule has 0 saturated heterocycles. The lowest BCUT2D eigenvalue weighted by molar-refractivity contribution is 0.118. The van der Waals surface area contributed by atoms with Crippen LogP contribution in [0.1, 0.15) is 129 Å². The highest BCUT2D eigenvalue weighted by molar-refractivity contribution is 5.18. The Hall–Kier alpha value is -0.260. The predicted octanol–water partition coefficient (Wildman–Crippen LogP) is 9.34. The van der Waals surface area contributed by atoms with Crippen molar-refractivity contribution in [2.24, 2.45) is 47.3 Å². The molecule has 5 aliphatic carbocycles. The molecule has 170 valence electrons. The summed E-state index contributed by atoms with van der Waals surface area (Å²) >= 11 is 0. The van der Waals surface area contributed by atoms with Gasteiger partial charge in [0.2, 0.25) is 0 Å². The number of hydrogen-bond donors (Lipinski definition) is 0. The lowest BCUT2D eigenvalue weighted by Crippen LogP contribution is -2.34. The van der Waals surface area contributed by atoms with Gasteiger partial charge >= 0.3 is 0 Å². The summed E-state index contributed by atoms with van der Waals surface area (Å²) in [4.78, 5) is 0. The minimum Gasteiger partial charge on any atom is -0.0814 e. The van der Waals surface area contributed by atoms with Gasteiger partial charge in [-0.2, -0.15) is 0 Å². The lowest BCUT2D eigenvalue weighted by Gasteiger charge is -2.44. The Balaban J connectivity index is 1.37. The summed E-state index contributed by atoms with van der Waals surface area (Å²) in [7, 11) is 0. The molecule has 5 unspecified atom stereocenters. The van der Waals surface area contributed by atoms with Gasteiger partial charge in [-0.25, -0.2) is 0 Å². The minimum absolute atomic E-state index is 0.958. The van der Waals surface area contributed by atoms with Gasteiger partial charge in [0.05, 0.1) is 0 Å². The monoisotopic (exact) mass is 410 g/mol. The van der Waals surface area contributed by atoms with Gasteiger partial charge in [-0.05, 0) is 85.9 Å². The summed E-state index contributed by atoms with van der Waals surface area (Å²) < 4.78 is 0. The van der Waals surface area contributed by atoms with Gasteiger partial charge in [-0.15, -0.1) is 0 Å². The van der Waals surface area contributed by atoms with E-state index < -0.39 is 0 Å². The van der Waals surface area contributed by atoms with Gasteiger partial charge in [-0.3, -0.25) is 0 Å². The van der Waals surface area contributed by atoms with Crippen LogP contribution in [0.2, 0.25) is 0 Å². The van der Waals surface area contributed by atoms with Gasteiger partial charge in [0.1, 0.15) is 0 Å². The van der Waals surface area contributed by atoms with Gasteiger partial charge < -0.3 is 0 Å². The molecule has 5 atom stereocenters. The summed E-state index contributed by atoms with van der Waals surface area (Å²) in [5, 5.41) is 0. The summed E-state index contributed by atoms with van der Waals surface area (Å²) in [5.74, 6) is 8.18. The molecule has 0 aliphatic heterocycles. The van der Waals surface area contributed by atoms with Crippen LogP contribution in [0.15, 0.2) is 11.6 Å². The van der Waals surface area contributed by atoms with Crippen molar-refractivity contribution in [1.82, 2.24) is 0 Å². The maximum atomic E-state index is 3.00. The van der Waals surface area contributed by atoms with Gasteiger partial charge in [0.15, 0.2) is 0 Å². The van der Waals surface area contributed by atoms with Crippen LogP contribution in [-0.2, 0) is 0 Å². The van der Waals surface area contributed by atoms with Crippen molar-refractivity contribution in [1.29, 1.82) is 0 Å². The molecule has 0 amide bonds. The van der Waals surface area contributed by atoms with Gasteiger partial charge in [0.25, 0.3) is 0 Å². The highest BCUT2D eigenvalue weighted by atomic mass is 14.5. The van der Waals surface area contributed by atoms with Crippen molar-refractivity contribution in [2.75, 3.05) is 0 Å². The molecule has 4 fully saturated rings. The van der Waals surface area contributed by atoms with Crippen molar-refractivity contribution in [3.05, 3.63) is 11.6 Å². The molecule has 4 saturated carbocycles. The van der Waals surface area contributed by atoms with Crippen molar-refractivity contribution in [3.8, 4) is 0 Å². The molecule has 0 aromatic carbocycles. The summed E-state index contributed by atoms with van der Waals surface area (Å²) in [6.45, 7) is 2.57. The van der Waals surface area contributed by atoms with Crippen molar-refractivity contribution >= 4 is 0 Å². The van der Waals surface area contributed by atoms with Crippen LogP contribution >= 0.6 is 0 Å². The Kier molecular flexibility index (Phi) is 7.28. The molecular formula is C30H50. The van der Waals surface area contributed by atoms with Gasteiger partial charge in [0, 0.05) is 0 Å². The van der Waals surface area contributed by atoms with Gasteiger partial charge in [-0.1, -0.05) is 102 Å². The maximum absolute atomic E-state index is 3.00. The first-order valence-electron chi connectivity index (χ1n) is 14.5. The molecule has 0 spiro atoms. The summed E-state index contributed by atoms with van der Waals surface area (Å²) in [6, 6.07) is 0. The largest absolute Gasteiger partial charge is 0.0814 e. The quantitative estimate of drug-likeness (QED) is 0.405. The maximum Gasteiger partial charge on any atom is -0.0169 e. The predicted molar refractivity (Wildman–Crippen MR) is 129 cm³/mol. The molecule has 0 aromatic rings. The van der Waals surface area contributed by atoms with Crippen molar-refractivity contribution in [3.63, 3.8) is 0 Å². The van der Waals surface area contributed by atoms with Crippen molar-refractivity contribution < 1.29 is 0 Å². The van der Waals surface area contributed by atoms with E-state index in [0.29, 0.717) is 0 Å². The second kappa shape index (κ2) is 10.1. The zero-order valence-corrected chi connectivity index (χ0v) is 20.1. The smallest absolute Gasteiger partial charge is 0.0169 e. The average Bonchev–Trinajstić information content (AvgIpc) is 3.22. The zero-order valence-electron chi connectivity index (χ0n) is 20.1. The highest BCUT2D eigenvalue weighted by Gasteiger charge is 2.43. The highest BCUT2D eigenvalue weighted by Crippen LogP contribution is 2.53. The molecule has 0 heteroatoms. The van der Waals surface area contributed by atoms with E-state index in [1.165, 1.54) is 70.6 Å². The SMILES string of the molecule is CC1CC(C2=CC(C3CCCCC3)C(C3CCCCC3)CC2)C(C2CCCCC2)C1. The topological polar surface area (TPSA) is 0 Å². The second-order valence-corrected chi connectivity index (χ2v) is 12.6. The van der Waals surface area contributed by atoms with E-state index in [1.807, 2.05) is 5.57 Å². The third-order valence-electron chi connectivity index (χ3n) is 10.7. The summed E-state index contributed by atoms with van der Waals surface area (Å²) in [5.41, 5.74) is 1.98. The molecule has 0 aromatic heterocycles. The molecule has 0 heterocycles. The molecule has 5 rings (SSSR count). The van der Waals surface area contributed by atoms with E-state index in [9.17, 15) is 0 Å². The van der Waals surface area contributed by atoms with E-state index in [1.54, 1.807) is 51.4 Å². The Bertz CT molecular complexity index is 555.